The topological polar surface area (TPSA) is 48.4 Å². The molecular formula is C14H11BrClNO3. The van der Waals surface area contributed by atoms with Crippen molar-refractivity contribution in [2.45, 2.75) is 6.61 Å². The largest absolute Gasteiger partial charge is 0.493 e. The van der Waals surface area contributed by atoms with E-state index < -0.39 is 0 Å². The zero-order valence-corrected chi connectivity index (χ0v) is 12.9. The summed E-state index contributed by atoms with van der Waals surface area (Å²) < 4.78 is 11.7. The zero-order chi connectivity index (χ0) is 14.5. The Morgan fingerprint density at radius 2 is 2.20 bits per heavy atom. The molecule has 0 radical (unpaired) electrons. The number of hydrogen-bond donors (Lipinski definition) is 0. The lowest BCUT2D eigenvalue weighted by atomic mass is 10.2. The van der Waals surface area contributed by atoms with Gasteiger partial charge < -0.3 is 9.47 Å². The van der Waals surface area contributed by atoms with Crippen LogP contribution in [0.3, 0.4) is 0 Å². The van der Waals surface area contributed by atoms with Crippen molar-refractivity contribution in [3.05, 3.63) is 51.2 Å². The van der Waals surface area contributed by atoms with Crippen molar-refractivity contribution in [1.29, 1.82) is 0 Å². The zero-order valence-electron chi connectivity index (χ0n) is 10.6. The highest BCUT2D eigenvalue weighted by molar-refractivity contribution is 9.10. The minimum absolute atomic E-state index is 0.228. The first-order valence-corrected chi connectivity index (χ1v) is 6.87. The van der Waals surface area contributed by atoms with Gasteiger partial charge in [0.25, 0.3) is 0 Å². The second-order valence-corrected chi connectivity index (χ2v) is 5.25. The van der Waals surface area contributed by atoms with Gasteiger partial charge in [0.15, 0.2) is 17.8 Å². The Balaban J connectivity index is 2.24. The summed E-state index contributed by atoms with van der Waals surface area (Å²) in [6.45, 7) is 0.228. The molecule has 1 aromatic carbocycles. The highest BCUT2D eigenvalue weighted by Crippen LogP contribution is 2.34. The van der Waals surface area contributed by atoms with E-state index in [1.54, 1.807) is 12.3 Å². The number of hydrogen-bond acceptors (Lipinski definition) is 4. The maximum atomic E-state index is 11.1. The number of rotatable bonds is 5. The fraction of sp³-hybridized carbons (Fsp3) is 0.143. The number of benzene rings is 1. The number of methoxy groups -OCH3 is 1. The highest BCUT2D eigenvalue weighted by Gasteiger charge is 2.13. The Kier molecular flexibility index (Phi) is 4.98. The van der Waals surface area contributed by atoms with Crippen LogP contribution in [0.25, 0.3) is 0 Å². The van der Waals surface area contributed by atoms with Crippen molar-refractivity contribution in [3.63, 3.8) is 0 Å². The maximum absolute atomic E-state index is 11.1. The van der Waals surface area contributed by atoms with Gasteiger partial charge in [-0.1, -0.05) is 11.6 Å². The van der Waals surface area contributed by atoms with Crippen LogP contribution in [0, 0.1) is 0 Å². The molecule has 0 spiro atoms. The number of pyridine rings is 1. The molecule has 20 heavy (non-hydrogen) atoms. The smallest absolute Gasteiger partial charge is 0.172 e. The van der Waals surface area contributed by atoms with Crippen LogP contribution >= 0.6 is 27.5 Å². The summed E-state index contributed by atoms with van der Waals surface area (Å²) in [5.74, 6) is 0.772. The molecule has 104 valence electrons. The Morgan fingerprint density at radius 1 is 1.40 bits per heavy atom. The molecule has 0 saturated heterocycles. The predicted molar refractivity (Wildman–Crippen MR) is 79.7 cm³/mol. The van der Waals surface area contributed by atoms with Crippen LogP contribution in [0.2, 0.25) is 5.02 Å². The number of carbonyl (C=O) groups excluding carboxylic acids is 1. The van der Waals surface area contributed by atoms with Crippen molar-refractivity contribution in [2.75, 3.05) is 7.11 Å². The molecule has 0 fully saturated rings. The van der Waals surface area contributed by atoms with Crippen LogP contribution in [-0.4, -0.2) is 18.4 Å². The molecule has 0 atom stereocenters. The fourth-order valence-corrected chi connectivity index (χ4v) is 2.07. The predicted octanol–water partition coefficient (Wildman–Crippen LogP) is 3.90. The van der Waals surface area contributed by atoms with Crippen LogP contribution in [-0.2, 0) is 6.61 Å². The molecule has 0 unspecified atom stereocenters. The van der Waals surface area contributed by atoms with Crippen LogP contribution in [0.4, 0.5) is 0 Å². The van der Waals surface area contributed by atoms with Gasteiger partial charge in [-0.05, 0) is 34.1 Å². The minimum Gasteiger partial charge on any atom is -0.493 e. The Hall–Kier alpha value is -1.59. The number of carbonyl (C=O) groups is 1. The molecule has 4 nitrogen and oxygen atoms in total. The van der Waals surface area contributed by atoms with Crippen molar-refractivity contribution >= 4 is 33.8 Å². The lowest BCUT2D eigenvalue weighted by molar-refractivity contribution is 0.111. The summed E-state index contributed by atoms with van der Waals surface area (Å²) >= 11 is 9.21. The first kappa shape index (κ1) is 14.8. The third-order valence-electron chi connectivity index (χ3n) is 2.55. The van der Waals surface area contributed by atoms with E-state index in [-0.39, 0.29) is 6.61 Å². The Labute approximate surface area is 129 Å². The van der Waals surface area contributed by atoms with Gasteiger partial charge in [-0.15, -0.1) is 0 Å². The first-order valence-electron chi connectivity index (χ1n) is 5.70. The lowest BCUT2D eigenvalue weighted by Crippen LogP contribution is -2.02. The molecule has 1 aromatic heterocycles. The van der Waals surface area contributed by atoms with Gasteiger partial charge in [-0.25, -0.2) is 0 Å². The van der Waals surface area contributed by atoms with Gasteiger partial charge in [-0.2, -0.15) is 0 Å². The summed E-state index contributed by atoms with van der Waals surface area (Å²) in [5.41, 5.74) is 1.08. The summed E-state index contributed by atoms with van der Waals surface area (Å²) in [5, 5.41) is 0.415. The summed E-state index contributed by atoms with van der Waals surface area (Å²) in [6.07, 6.45) is 2.36. The van der Waals surface area contributed by atoms with Crippen molar-refractivity contribution in [1.82, 2.24) is 4.98 Å². The van der Waals surface area contributed by atoms with Gasteiger partial charge in [0, 0.05) is 21.8 Å². The summed E-state index contributed by atoms with van der Waals surface area (Å²) in [7, 11) is 1.49. The molecule has 2 aromatic rings. The minimum atomic E-state index is 0.228. The van der Waals surface area contributed by atoms with Gasteiger partial charge in [0.2, 0.25) is 0 Å². The Morgan fingerprint density at radius 3 is 2.80 bits per heavy atom. The van der Waals surface area contributed by atoms with Crippen LogP contribution in [0.15, 0.2) is 34.9 Å². The van der Waals surface area contributed by atoms with E-state index in [4.69, 9.17) is 21.1 Å². The molecule has 0 saturated carbocycles. The van der Waals surface area contributed by atoms with E-state index in [0.29, 0.717) is 28.4 Å². The fourth-order valence-electron chi connectivity index (χ4n) is 1.62. The van der Waals surface area contributed by atoms with Gasteiger partial charge in [0.1, 0.15) is 6.61 Å². The number of aldehydes is 1. The molecular weight excluding hydrogens is 346 g/mol. The molecule has 6 heteroatoms. The van der Waals surface area contributed by atoms with Gasteiger partial charge in [-0.3, -0.25) is 9.78 Å². The lowest BCUT2D eigenvalue weighted by Gasteiger charge is -2.13. The molecule has 0 aliphatic heterocycles. The second-order valence-electron chi connectivity index (χ2n) is 3.90. The third kappa shape index (κ3) is 3.49. The standard InChI is InChI=1S/C14H11BrClNO3/c1-19-13-5-11(16)4-9(7-18)14(13)20-8-12-3-2-10(15)6-17-12/h2-7H,8H2,1H3. The van der Waals surface area contributed by atoms with Crippen molar-refractivity contribution in [2.24, 2.45) is 0 Å². The number of nitrogens with zero attached hydrogens (tertiary/aromatic N) is 1. The molecule has 0 aliphatic rings. The molecule has 0 bridgehead atoms. The van der Waals surface area contributed by atoms with Gasteiger partial charge in [0.05, 0.1) is 18.4 Å². The van der Waals surface area contributed by atoms with Crippen molar-refractivity contribution in [3.8, 4) is 11.5 Å². The van der Waals surface area contributed by atoms with E-state index in [1.165, 1.54) is 13.2 Å². The first-order chi connectivity index (χ1) is 9.63. The van der Waals surface area contributed by atoms with Gasteiger partial charge >= 0.3 is 0 Å². The average molecular weight is 357 g/mol. The van der Waals surface area contributed by atoms with E-state index in [9.17, 15) is 4.79 Å². The molecule has 0 N–H and O–H groups in total. The molecule has 1 heterocycles. The Bertz CT molecular complexity index is 617. The number of halogens is 2. The van der Waals surface area contributed by atoms with E-state index in [0.717, 1.165) is 10.2 Å². The molecule has 2 rings (SSSR count). The molecule has 0 aliphatic carbocycles. The van der Waals surface area contributed by atoms with E-state index >= 15 is 0 Å². The van der Waals surface area contributed by atoms with Crippen LogP contribution < -0.4 is 9.47 Å². The number of aromatic nitrogens is 1. The summed E-state index contributed by atoms with van der Waals surface area (Å²) in [4.78, 5) is 15.3. The van der Waals surface area contributed by atoms with E-state index in [2.05, 4.69) is 20.9 Å². The average Bonchev–Trinajstić information content (AvgIpc) is 2.46. The summed E-state index contributed by atoms with van der Waals surface area (Å²) in [6, 6.07) is 6.82. The van der Waals surface area contributed by atoms with Crippen molar-refractivity contribution < 1.29 is 14.3 Å². The molecule has 0 amide bonds. The second kappa shape index (κ2) is 6.72. The monoisotopic (exact) mass is 355 g/mol. The normalized spacial score (nSPS) is 10.2. The third-order valence-corrected chi connectivity index (χ3v) is 3.24. The highest BCUT2D eigenvalue weighted by atomic mass is 79.9. The number of ether oxygens (including phenoxy) is 2. The maximum Gasteiger partial charge on any atom is 0.172 e. The van der Waals surface area contributed by atoms with Crippen LogP contribution in [0.1, 0.15) is 16.1 Å². The van der Waals surface area contributed by atoms with Crippen LogP contribution in [0.5, 0.6) is 11.5 Å². The quantitative estimate of drug-likeness (QED) is 0.762. The van der Waals surface area contributed by atoms with E-state index in [1.807, 2.05) is 12.1 Å². The SMILES string of the molecule is COc1cc(Cl)cc(C=O)c1OCc1ccc(Br)cn1.